The molecule has 3 heteroatoms. The summed E-state index contributed by atoms with van der Waals surface area (Å²) >= 11 is 0. The van der Waals surface area contributed by atoms with Gasteiger partial charge in [0.1, 0.15) is 25.5 Å². The molecule has 1 heterocycles. The van der Waals surface area contributed by atoms with Gasteiger partial charge in [-0.15, -0.1) is 0 Å². The molecule has 24 heavy (non-hydrogen) atoms. The highest BCUT2D eigenvalue weighted by atomic mass is 127. The van der Waals surface area contributed by atoms with Gasteiger partial charge in [0.15, 0.2) is 0 Å². The first-order chi connectivity index (χ1) is 11.3. The first-order valence-corrected chi connectivity index (χ1v) is 7.74. The summed E-state index contributed by atoms with van der Waals surface area (Å²) in [5.41, 5.74) is 4.88. The third-order valence-corrected chi connectivity index (χ3v) is 3.91. The molecule has 0 aliphatic carbocycles. The molecule has 0 fully saturated rings. The highest BCUT2D eigenvalue weighted by Gasteiger charge is 2.05. The van der Waals surface area contributed by atoms with Gasteiger partial charge in [-0.3, -0.25) is 0 Å². The smallest absolute Gasteiger partial charge is 0.244 e. The number of aromatic nitrogens is 2. The Morgan fingerprint density at radius 3 is 1.92 bits per heavy atom. The minimum atomic E-state index is 0. The maximum Gasteiger partial charge on any atom is 0.244 e. The molecule has 3 aromatic rings. The lowest BCUT2D eigenvalue weighted by Crippen LogP contribution is -3.00. The molecule has 1 aromatic heterocycles. The van der Waals surface area contributed by atoms with Crippen molar-refractivity contribution in [1.82, 2.24) is 4.57 Å². The fourth-order valence-electron chi connectivity index (χ4n) is 2.57. The summed E-state index contributed by atoms with van der Waals surface area (Å²) in [5, 5.41) is 0. The van der Waals surface area contributed by atoms with E-state index in [0.29, 0.717) is 0 Å². The van der Waals surface area contributed by atoms with Crippen LogP contribution in [0.25, 0.3) is 12.2 Å². The zero-order valence-corrected chi connectivity index (χ0v) is 15.8. The van der Waals surface area contributed by atoms with Gasteiger partial charge in [-0.25, -0.2) is 9.13 Å². The van der Waals surface area contributed by atoms with Gasteiger partial charge in [0.25, 0.3) is 0 Å². The van der Waals surface area contributed by atoms with Crippen LogP contribution in [0.5, 0.6) is 0 Å². The minimum Gasteiger partial charge on any atom is -1.00 e. The SMILES string of the molecule is C=Cc1ccc(Cn2cc[n+](Cc3ccc(C=C)cc3)c2)cc1.[I-]. The molecule has 0 radical (unpaired) electrons. The topological polar surface area (TPSA) is 8.81 Å². The van der Waals surface area contributed by atoms with Crippen LogP contribution in [0.15, 0.2) is 80.4 Å². The molecule has 122 valence electrons. The fourth-order valence-corrected chi connectivity index (χ4v) is 2.57. The molecule has 2 nitrogen and oxygen atoms in total. The molecule has 0 saturated heterocycles. The molecule has 0 amide bonds. The third-order valence-electron chi connectivity index (χ3n) is 3.91. The Morgan fingerprint density at radius 2 is 1.38 bits per heavy atom. The summed E-state index contributed by atoms with van der Waals surface area (Å²) in [7, 11) is 0. The maximum absolute atomic E-state index is 3.78. The second-order valence-electron chi connectivity index (χ2n) is 5.65. The highest BCUT2D eigenvalue weighted by molar-refractivity contribution is 5.47. The van der Waals surface area contributed by atoms with Crippen LogP contribution in [0.4, 0.5) is 0 Å². The number of hydrogen-bond donors (Lipinski definition) is 0. The Bertz CT molecular complexity index is 731. The lowest BCUT2D eigenvalue weighted by atomic mass is 10.1. The Kier molecular flexibility index (Phi) is 6.55. The summed E-state index contributed by atoms with van der Waals surface area (Å²) in [6, 6.07) is 17.0. The number of halogens is 1. The van der Waals surface area contributed by atoms with Crippen molar-refractivity contribution >= 4 is 12.2 Å². The highest BCUT2D eigenvalue weighted by Crippen LogP contribution is 2.08. The van der Waals surface area contributed by atoms with E-state index in [0.717, 1.165) is 24.2 Å². The van der Waals surface area contributed by atoms with Crippen molar-refractivity contribution in [2.45, 2.75) is 13.1 Å². The molecular weight excluding hydrogens is 407 g/mol. The van der Waals surface area contributed by atoms with Crippen LogP contribution in [-0.4, -0.2) is 4.57 Å². The van der Waals surface area contributed by atoms with Gasteiger partial charge in [-0.05, 0) is 22.3 Å². The lowest BCUT2D eigenvalue weighted by molar-refractivity contribution is -0.687. The van der Waals surface area contributed by atoms with Crippen molar-refractivity contribution in [2.75, 3.05) is 0 Å². The van der Waals surface area contributed by atoms with E-state index >= 15 is 0 Å². The zero-order chi connectivity index (χ0) is 16.1. The van der Waals surface area contributed by atoms with Crippen molar-refractivity contribution in [3.63, 3.8) is 0 Å². The Morgan fingerprint density at radius 1 is 0.833 bits per heavy atom. The molecule has 0 atom stereocenters. The van der Waals surface area contributed by atoms with E-state index in [9.17, 15) is 0 Å². The summed E-state index contributed by atoms with van der Waals surface area (Å²) in [5.74, 6) is 0. The van der Waals surface area contributed by atoms with E-state index in [-0.39, 0.29) is 24.0 Å². The van der Waals surface area contributed by atoms with Crippen LogP contribution < -0.4 is 28.5 Å². The van der Waals surface area contributed by atoms with Crippen LogP contribution in [-0.2, 0) is 13.1 Å². The number of nitrogens with zero attached hydrogens (tertiary/aromatic N) is 2. The first-order valence-electron chi connectivity index (χ1n) is 7.74. The Hall–Kier alpha value is -2.14. The Balaban J connectivity index is 0.00000208. The monoisotopic (exact) mass is 428 g/mol. The van der Waals surface area contributed by atoms with E-state index in [4.69, 9.17) is 0 Å². The molecule has 0 N–H and O–H groups in total. The van der Waals surface area contributed by atoms with E-state index in [1.165, 1.54) is 11.1 Å². The van der Waals surface area contributed by atoms with Crippen LogP contribution in [0.3, 0.4) is 0 Å². The van der Waals surface area contributed by atoms with Crippen molar-refractivity contribution in [3.05, 3.63) is 103 Å². The predicted molar refractivity (Wildman–Crippen MR) is 95.9 cm³/mol. The predicted octanol–water partition coefficient (Wildman–Crippen LogP) is 1.16. The summed E-state index contributed by atoms with van der Waals surface area (Å²) < 4.78 is 4.39. The zero-order valence-electron chi connectivity index (χ0n) is 13.6. The molecule has 3 rings (SSSR count). The summed E-state index contributed by atoms with van der Waals surface area (Å²) in [6.07, 6.45) is 10.1. The quantitative estimate of drug-likeness (QED) is 0.412. The number of hydrogen-bond acceptors (Lipinski definition) is 0. The molecule has 0 unspecified atom stereocenters. The molecule has 0 spiro atoms. The van der Waals surface area contributed by atoms with Gasteiger partial charge in [0.2, 0.25) is 6.33 Å². The van der Waals surface area contributed by atoms with Gasteiger partial charge in [0, 0.05) is 0 Å². The van der Waals surface area contributed by atoms with E-state index in [1.54, 1.807) is 0 Å². The van der Waals surface area contributed by atoms with Gasteiger partial charge < -0.3 is 24.0 Å². The largest absolute Gasteiger partial charge is 1.00 e. The van der Waals surface area contributed by atoms with Gasteiger partial charge in [0.05, 0.1) is 0 Å². The lowest BCUT2D eigenvalue weighted by Gasteiger charge is -2.00. The normalized spacial score (nSPS) is 10.0. The van der Waals surface area contributed by atoms with Crippen LogP contribution in [0.2, 0.25) is 0 Å². The maximum atomic E-state index is 3.78. The number of benzene rings is 2. The molecule has 0 aliphatic heterocycles. The summed E-state index contributed by atoms with van der Waals surface area (Å²) in [6.45, 7) is 9.32. The van der Waals surface area contributed by atoms with Crippen LogP contribution >= 0.6 is 0 Å². The molecule has 0 saturated carbocycles. The third kappa shape index (κ3) is 4.68. The van der Waals surface area contributed by atoms with Gasteiger partial charge in [-0.1, -0.05) is 73.8 Å². The second-order valence-corrected chi connectivity index (χ2v) is 5.65. The standard InChI is InChI=1S/C21H21N2.HI/c1-3-18-5-9-20(10-6-18)15-22-13-14-23(17-22)16-21-11-7-19(4-2)8-12-21;/h3-14,17H,1-2,15-16H2;1H/q+1;/p-1. The average molecular weight is 428 g/mol. The molecule has 0 aliphatic rings. The van der Waals surface area contributed by atoms with Crippen LogP contribution in [0.1, 0.15) is 22.3 Å². The minimum absolute atomic E-state index is 0. The first kappa shape index (κ1) is 18.2. The average Bonchev–Trinajstić information content (AvgIpc) is 3.03. The fraction of sp³-hybridized carbons (Fsp3) is 0.0952. The molecule has 2 aromatic carbocycles. The molecular formula is C21H21IN2. The Labute approximate surface area is 160 Å². The molecule has 0 bridgehead atoms. The van der Waals surface area contributed by atoms with Crippen LogP contribution in [0, 0.1) is 0 Å². The van der Waals surface area contributed by atoms with E-state index in [2.05, 4.69) is 89.5 Å². The van der Waals surface area contributed by atoms with E-state index < -0.39 is 0 Å². The van der Waals surface area contributed by atoms with Crippen molar-refractivity contribution in [1.29, 1.82) is 0 Å². The van der Waals surface area contributed by atoms with Crippen molar-refractivity contribution in [2.24, 2.45) is 0 Å². The summed E-state index contributed by atoms with van der Waals surface area (Å²) in [4.78, 5) is 0. The number of imidazole rings is 1. The number of rotatable bonds is 6. The van der Waals surface area contributed by atoms with Gasteiger partial charge in [-0.2, -0.15) is 0 Å². The van der Waals surface area contributed by atoms with Gasteiger partial charge >= 0.3 is 0 Å². The second kappa shape index (κ2) is 8.64. The van der Waals surface area contributed by atoms with Crippen molar-refractivity contribution < 1.29 is 28.5 Å². The van der Waals surface area contributed by atoms with E-state index in [1.807, 2.05) is 12.2 Å². The van der Waals surface area contributed by atoms with Crippen molar-refractivity contribution in [3.8, 4) is 0 Å².